The lowest BCUT2D eigenvalue weighted by Crippen LogP contribution is -2.02. The average Bonchev–Trinajstić information content (AvgIpc) is 2.93. The van der Waals surface area contributed by atoms with Crippen LogP contribution in [0.1, 0.15) is 0 Å². The molecular weight excluding hydrogens is 313 g/mol. The normalized spacial score (nSPS) is 10.7. The van der Waals surface area contributed by atoms with E-state index in [2.05, 4.69) is 10.2 Å². The van der Waals surface area contributed by atoms with Crippen molar-refractivity contribution in [3.05, 3.63) is 60.4 Å². The molecule has 0 radical (unpaired) electrons. The number of aromatic nitrogens is 3. The van der Waals surface area contributed by atoms with Crippen LogP contribution in [0.15, 0.2) is 59.8 Å². The second-order valence-corrected chi connectivity index (χ2v) is 5.95. The van der Waals surface area contributed by atoms with E-state index in [-0.39, 0.29) is 5.82 Å². The summed E-state index contributed by atoms with van der Waals surface area (Å²) in [6, 6.07) is 16.1. The van der Waals surface area contributed by atoms with Gasteiger partial charge >= 0.3 is 0 Å². The fourth-order valence-electron chi connectivity index (χ4n) is 2.13. The van der Waals surface area contributed by atoms with E-state index >= 15 is 0 Å². The Morgan fingerprint density at radius 1 is 1.09 bits per heavy atom. The summed E-state index contributed by atoms with van der Waals surface area (Å²) in [6.45, 7) is 0.474. The minimum Gasteiger partial charge on any atom is -0.493 e. The molecule has 0 aliphatic carbocycles. The van der Waals surface area contributed by atoms with Crippen LogP contribution in [-0.2, 0) is 7.05 Å². The lowest BCUT2D eigenvalue weighted by molar-refractivity contribution is 0.342. The predicted molar refractivity (Wildman–Crippen MR) is 89.1 cm³/mol. The Balaban J connectivity index is 1.56. The summed E-state index contributed by atoms with van der Waals surface area (Å²) in [5.74, 6) is 1.78. The van der Waals surface area contributed by atoms with E-state index in [9.17, 15) is 4.39 Å². The Labute approximate surface area is 138 Å². The molecule has 3 rings (SSSR count). The van der Waals surface area contributed by atoms with Gasteiger partial charge in [0.1, 0.15) is 11.6 Å². The molecule has 0 N–H and O–H groups in total. The summed E-state index contributed by atoms with van der Waals surface area (Å²) in [5.41, 5.74) is 1.03. The van der Waals surface area contributed by atoms with Gasteiger partial charge in [-0.3, -0.25) is 0 Å². The van der Waals surface area contributed by atoms with Gasteiger partial charge in [-0.05, 0) is 12.1 Å². The Morgan fingerprint density at radius 2 is 1.91 bits per heavy atom. The first-order chi connectivity index (χ1) is 11.2. The van der Waals surface area contributed by atoms with Crippen molar-refractivity contribution in [2.45, 2.75) is 5.16 Å². The Morgan fingerprint density at radius 3 is 2.70 bits per heavy atom. The number of ether oxygens (including phenoxy) is 1. The van der Waals surface area contributed by atoms with Gasteiger partial charge in [0.25, 0.3) is 0 Å². The molecule has 1 aromatic heterocycles. The maximum absolute atomic E-state index is 13.1. The average molecular weight is 329 g/mol. The quantitative estimate of drug-likeness (QED) is 0.509. The smallest absolute Gasteiger partial charge is 0.191 e. The standard InChI is InChI=1S/C17H16FN3OS/c1-21-16(13-6-3-2-4-7-13)19-20-17(21)23-11-10-22-15-9-5-8-14(18)12-15/h2-9,12H,10-11H2,1H3. The molecule has 0 unspecified atom stereocenters. The summed E-state index contributed by atoms with van der Waals surface area (Å²) < 4.78 is 20.5. The van der Waals surface area contributed by atoms with Crippen LogP contribution in [0.2, 0.25) is 0 Å². The lowest BCUT2D eigenvalue weighted by Gasteiger charge is -2.06. The van der Waals surface area contributed by atoms with Crippen molar-refractivity contribution < 1.29 is 9.13 Å². The van der Waals surface area contributed by atoms with Crippen molar-refractivity contribution in [1.82, 2.24) is 14.8 Å². The summed E-state index contributed by atoms with van der Waals surface area (Å²) in [6.07, 6.45) is 0. The van der Waals surface area contributed by atoms with Gasteiger partial charge in [-0.25, -0.2) is 4.39 Å². The molecule has 0 spiro atoms. The van der Waals surface area contributed by atoms with Crippen LogP contribution in [0, 0.1) is 5.82 Å². The maximum atomic E-state index is 13.1. The molecule has 118 valence electrons. The molecule has 0 aliphatic rings. The zero-order chi connectivity index (χ0) is 16.1. The molecule has 0 saturated carbocycles. The Kier molecular flexibility index (Phi) is 4.92. The number of hydrogen-bond acceptors (Lipinski definition) is 4. The van der Waals surface area contributed by atoms with Crippen molar-refractivity contribution in [1.29, 1.82) is 0 Å². The van der Waals surface area contributed by atoms with Crippen molar-refractivity contribution in [2.24, 2.45) is 7.05 Å². The van der Waals surface area contributed by atoms with Gasteiger partial charge in [-0.2, -0.15) is 0 Å². The van der Waals surface area contributed by atoms with Gasteiger partial charge in [0, 0.05) is 24.4 Å². The minimum absolute atomic E-state index is 0.295. The summed E-state index contributed by atoms with van der Waals surface area (Å²) >= 11 is 1.56. The van der Waals surface area contributed by atoms with Gasteiger partial charge in [-0.15, -0.1) is 10.2 Å². The molecule has 23 heavy (non-hydrogen) atoms. The molecule has 4 nitrogen and oxygen atoms in total. The molecule has 0 fully saturated rings. The topological polar surface area (TPSA) is 39.9 Å². The number of hydrogen-bond donors (Lipinski definition) is 0. The van der Waals surface area contributed by atoms with Crippen molar-refractivity contribution in [2.75, 3.05) is 12.4 Å². The maximum Gasteiger partial charge on any atom is 0.191 e. The third-order valence-electron chi connectivity index (χ3n) is 3.25. The highest BCUT2D eigenvalue weighted by atomic mass is 32.2. The zero-order valence-electron chi connectivity index (χ0n) is 12.6. The number of thioether (sulfide) groups is 1. The first-order valence-electron chi connectivity index (χ1n) is 7.20. The first kappa shape index (κ1) is 15.6. The highest BCUT2D eigenvalue weighted by Crippen LogP contribution is 2.22. The fraction of sp³-hybridized carbons (Fsp3) is 0.176. The van der Waals surface area contributed by atoms with E-state index in [0.717, 1.165) is 16.5 Å². The van der Waals surface area contributed by atoms with E-state index in [1.54, 1.807) is 23.9 Å². The third kappa shape index (κ3) is 3.90. The number of rotatable bonds is 6. The van der Waals surface area contributed by atoms with Crippen LogP contribution < -0.4 is 4.74 Å². The van der Waals surface area contributed by atoms with E-state index < -0.39 is 0 Å². The SMILES string of the molecule is Cn1c(SCCOc2cccc(F)c2)nnc1-c1ccccc1. The molecule has 6 heteroatoms. The number of halogens is 1. The summed E-state index contributed by atoms with van der Waals surface area (Å²) in [7, 11) is 1.94. The van der Waals surface area contributed by atoms with Gasteiger partial charge in [-0.1, -0.05) is 48.2 Å². The van der Waals surface area contributed by atoms with E-state index in [0.29, 0.717) is 18.1 Å². The molecule has 0 atom stereocenters. The fourth-order valence-corrected chi connectivity index (χ4v) is 2.86. The second kappa shape index (κ2) is 7.28. The molecule has 0 saturated heterocycles. The van der Waals surface area contributed by atoms with E-state index in [4.69, 9.17) is 4.74 Å². The minimum atomic E-state index is -0.295. The molecule has 1 heterocycles. The third-order valence-corrected chi connectivity index (χ3v) is 4.23. The first-order valence-corrected chi connectivity index (χ1v) is 8.18. The van der Waals surface area contributed by atoms with Crippen LogP contribution in [0.25, 0.3) is 11.4 Å². The van der Waals surface area contributed by atoms with Crippen LogP contribution >= 0.6 is 11.8 Å². The van der Waals surface area contributed by atoms with Crippen molar-refractivity contribution in [3.8, 4) is 17.1 Å². The lowest BCUT2D eigenvalue weighted by atomic mass is 10.2. The molecule has 2 aromatic carbocycles. The zero-order valence-corrected chi connectivity index (χ0v) is 13.5. The van der Waals surface area contributed by atoms with Gasteiger partial charge in [0.05, 0.1) is 6.61 Å². The highest BCUT2D eigenvalue weighted by molar-refractivity contribution is 7.99. The van der Waals surface area contributed by atoms with Gasteiger partial charge < -0.3 is 9.30 Å². The largest absolute Gasteiger partial charge is 0.493 e. The summed E-state index contributed by atoms with van der Waals surface area (Å²) in [5, 5.41) is 9.27. The molecular formula is C17H16FN3OS. The van der Waals surface area contributed by atoms with Crippen LogP contribution in [0.3, 0.4) is 0 Å². The van der Waals surface area contributed by atoms with E-state index in [1.807, 2.05) is 41.9 Å². The molecule has 0 aliphatic heterocycles. The predicted octanol–water partition coefficient (Wildman–Crippen LogP) is 3.79. The van der Waals surface area contributed by atoms with E-state index in [1.165, 1.54) is 12.1 Å². The summed E-state index contributed by atoms with van der Waals surface area (Å²) in [4.78, 5) is 0. The van der Waals surface area contributed by atoms with Crippen LogP contribution in [0.4, 0.5) is 4.39 Å². The van der Waals surface area contributed by atoms with Crippen LogP contribution in [0.5, 0.6) is 5.75 Å². The van der Waals surface area contributed by atoms with Crippen molar-refractivity contribution >= 4 is 11.8 Å². The Hall–Kier alpha value is -2.34. The highest BCUT2D eigenvalue weighted by Gasteiger charge is 2.10. The molecule has 3 aromatic rings. The second-order valence-electron chi connectivity index (χ2n) is 4.89. The van der Waals surface area contributed by atoms with Gasteiger partial charge in [0.15, 0.2) is 11.0 Å². The molecule has 0 amide bonds. The Bertz CT molecular complexity index is 777. The van der Waals surface area contributed by atoms with Crippen molar-refractivity contribution in [3.63, 3.8) is 0 Å². The monoisotopic (exact) mass is 329 g/mol. The number of nitrogens with zero attached hydrogens (tertiary/aromatic N) is 3. The number of benzene rings is 2. The van der Waals surface area contributed by atoms with Gasteiger partial charge in [0.2, 0.25) is 0 Å². The molecule has 0 bridgehead atoms. The van der Waals surface area contributed by atoms with Crippen LogP contribution in [-0.4, -0.2) is 27.1 Å².